The highest BCUT2D eigenvalue weighted by Crippen LogP contribution is 2.30. The second-order valence-corrected chi connectivity index (χ2v) is 13.0. The molecule has 1 amide bonds. The fraction of sp³-hybridized carbons (Fsp3) is 0.290. The Morgan fingerprint density at radius 1 is 0.925 bits per heavy atom. The van der Waals surface area contributed by atoms with Gasteiger partial charge in [0.05, 0.1) is 23.8 Å². The van der Waals surface area contributed by atoms with Crippen LogP contribution in [0.15, 0.2) is 91.4 Å². The first kappa shape index (κ1) is 26.3. The smallest absolute Gasteiger partial charge is 0.244 e. The van der Waals surface area contributed by atoms with Gasteiger partial charge in [-0.25, -0.2) is 13.4 Å². The summed E-state index contributed by atoms with van der Waals surface area (Å²) in [7, 11) is -3.18. The number of nitrogens with one attached hydrogen (secondary N) is 1. The average Bonchev–Trinajstić information content (AvgIpc) is 3.36. The van der Waals surface area contributed by atoms with E-state index in [1.165, 1.54) is 6.26 Å². The highest BCUT2D eigenvalue weighted by Gasteiger charge is 2.41. The summed E-state index contributed by atoms with van der Waals surface area (Å²) >= 11 is 0. The summed E-state index contributed by atoms with van der Waals surface area (Å²) in [6.07, 6.45) is 5.89. The number of carbonyl (C=O) groups is 1. The van der Waals surface area contributed by atoms with Crippen molar-refractivity contribution in [3.63, 3.8) is 0 Å². The fourth-order valence-corrected chi connectivity index (χ4v) is 6.49. The number of carbonyl (C=O) groups excluding carboxylic acids is 1. The van der Waals surface area contributed by atoms with E-state index in [9.17, 15) is 13.2 Å². The molecule has 2 atom stereocenters. The van der Waals surface area contributed by atoms with Gasteiger partial charge in [-0.05, 0) is 60.4 Å². The molecule has 0 saturated carbocycles. The van der Waals surface area contributed by atoms with Crippen LogP contribution in [0.4, 0.5) is 17.1 Å². The predicted molar refractivity (Wildman–Crippen MR) is 157 cm³/mol. The van der Waals surface area contributed by atoms with Crippen LogP contribution in [0, 0.1) is 0 Å². The number of benzene rings is 3. The maximum atomic E-state index is 14.3. The number of fused-ring (bicyclic) bond motifs is 6. The Bertz CT molecular complexity index is 1620. The molecule has 1 N–H and O–H groups in total. The van der Waals surface area contributed by atoms with E-state index in [0.29, 0.717) is 32.5 Å². The molecule has 40 heavy (non-hydrogen) atoms. The molecule has 3 heterocycles. The molecule has 3 aromatic carbocycles. The number of para-hydroxylation sites is 1. The highest BCUT2D eigenvalue weighted by molar-refractivity contribution is 7.90. The van der Waals surface area contributed by atoms with Crippen molar-refractivity contribution in [3.05, 3.63) is 108 Å². The second-order valence-electron chi connectivity index (χ2n) is 10.8. The zero-order valence-corrected chi connectivity index (χ0v) is 23.3. The molecule has 1 fully saturated rings. The van der Waals surface area contributed by atoms with Gasteiger partial charge < -0.3 is 14.8 Å². The number of nitrogens with zero attached hydrogens (tertiary/aromatic N) is 4. The molecule has 8 nitrogen and oxygen atoms in total. The lowest BCUT2D eigenvalue weighted by Crippen LogP contribution is -2.62. The zero-order chi connectivity index (χ0) is 27.7. The second kappa shape index (κ2) is 10.9. The SMILES string of the molecule is CS(=O)(=O)CCC1CN(c2ccccc2)C(=O)[C@H]2Cc3cccc(c3)Nc3cccc(c3)Cn3cncc3CN12. The van der Waals surface area contributed by atoms with Crippen molar-refractivity contribution in [3.8, 4) is 0 Å². The highest BCUT2D eigenvalue weighted by atomic mass is 32.2. The summed E-state index contributed by atoms with van der Waals surface area (Å²) in [5.41, 5.74) is 5.94. The molecule has 2 aliphatic heterocycles. The molecule has 0 spiro atoms. The largest absolute Gasteiger partial charge is 0.356 e. The van der Waals surface area contributed by atoms with Crippen LogP contribution in [0.5, 0.6) is 0 Å². The molecule has 6 rings (SSSR count). The molecule has 9 heteroatoms. The van der Waals surface area contributed by atoms with E-state index in [1.54, 1.807) is 0 Å². The molecule has 206 valence electrons. The van der Waals surface area contributed by atoms with Crippen LogP contribution in [-0.4, -0.2) is 59.4 Å². The Hall–Kier alpha value is -3.95. The number of hydrogen-bond donors (Lipinski definition) is 1. The minimum atomic E-state index is -3.18. The van der Waals surface area contributed by atoms with Gasteiger partial charge in [0, 0.05) is 55.2 Å². The van der Waals surface area contributed by atoms with Crippen molar-refractivity contribution in [1.29, 1.82) is 0 Å². The quantitative estimate of drug-likeness (QED) is 0.405. The summed E-state index contributed by atoms with van der Waals surface area (Å²) < 4.78 is 26.6. The zero-order valence-electron chi connectivity index (χ0n) is 22.5. The monoisotopic (exact) mass is 555 g/mol. The van der Waals surface area contributed by atoms with Crippen LogP contribution in [0.3, 0.4) is 0 Å². The Morgan fingerprint density at radius 3 is 2.40 bits per heavy atom. The lowest BCUT2D eigenvalue weighted by atomic mass is 9.95. The van der Waals surface area contributed by atoms with Gasteiger partial charge in [0.2, 0.25) is 5.91 Å². The summed E-state index contributed by atoms with van der Waals surface area (Å²) in [6.45, 7) is 1.55. The van der Waals surface area contributed by atoms with E-state index in [2.05, 4.69) is 44.0 Å². The van der Waals surface area contributed by atoms with Gasteiger partial charge in [0.15, 0.2) is 0 Å². The van der Waals surface area contributed by atoms with Gasteiger partial charge in [-0.3, -0.25) is 9.69 Å². The maximum absolute atomic E-state index is 14.3. The number of rotatable bonds is 4. The lowest BCUT2D eigenvalue weighted by Gasteiger charge is -2.46. The molecule has 1 saturated heterocycles. The number of aromatic nitrogens is 2. The van der Waals surface area contributed by atoms with E-state index in [4.69, 9.17) is 0 Å². The Balaban J connectivity index is 1.46. The molecule has 2 aliphatic rings. The number of hydrogen-bond acceptors (Lipinski definition) is 6. The van der Waals surface area contributed by atoms with Gasteiger partial charge >= 0.3 is 0 Å². The van der Waals surface area contributed by atoms with Crippen LogP contribution in [0.25, 0.3) is 0 Å². The van der Waals surface area contributed by atoms with Crippen LogP contribution in [0.2, 0.25) is 0 Å². The third kappa shape index (κ3) is 5.80. The van der Waals surface area contributed by atoms with E-state index in [0.717, 1.165) is 33.9 Å². The van der Waals surface area contributed by atoms with Gasteiger partial charge in [0.25, 0.3) is 0 Å². The lowest BCUT2D eigenvalue weighted by molar-refractivity contribution is -0.128. The van der Waals surface area contributed by atoms with Gasteiger partial charge in [-0.2, -0.15) is 0 Å². The molecule has 4 bridgehead atoms. The molecule has 4 aromatic rings. The Morgan fingerprint density at radius 2 is 1.65 bits per heavy atom. The van der Waals surface area contributed by atoms with Crippen LogP contribution < -0.4 is 10.2 Å². The molecule has 0 aliphatic carbocycles. The number of imidazole rings is 1. The number of sulfone groups is 1. The first-order valence-corrected chi connectivity index (χ1v) is 15.6. The topological polar surface area (TPSA) is 87.5 Å². The van der Waals surface area contributed by atoms with E-state index >= 15 is 0 Å². The number of anilines is 3. The van der Waals surface area contributed by atoms with E-state index in [-0.39, 0.29) is 17.7 Å². The Labute approximate surface area is 235 Å². The van der Waals surface area contributed by atoms with Gasteiger partial charge in [-0.15, -0.1) is 0 Å². The minimum Gasteiger partial charge on any atom is -0.356 e. The summed E-state index contributed by atoms with van der Waals surface area (Å²) in [5.74, 6) is 0.0759. The minimum absolute atomic E-state index is 0.0172. The van der Waals surface area contributed by atoms with Crippen molar-refractivity contribution < 1.29 is 13.2 Å². The maximum Gasteiger partial charge on any atom is 0.244 e. The van der Waals surface area contributed by atoms with E-state index < -0.39 is 15.9 Å². The number of amides is 1. The van der Waals surface area contributed by atoms with Crippen molar-refractivity contribution in [1.82, 2.24) is 14.5 Å². The van der Waals surface area contributed by atoms with Crippen molar-refractivity contribution in [2.24, 2.45) is 0 Å². The first-order valence-electron chi connectivity index (χ1n) is 13.6. The van der Waals surface area contributed by atoms with Crippen LogP contribution in [-0.2, 0) is 34.1 Å². The normalized spacial score (nSPS) is 19.7. The fourth-order valence-electron chi connectivity index (χ4n) is 5.79. The standard InChI is InChI=1S/C31H33N5O3S/c1-40(38,39)14-13-28-20-36(27-11-3-2-4-12-27)31(37)30-17-23-7-5-9-25(15-23)33-26-10-6-8-24(16-26)19-34-22-32-18-29(34)21-35(28)30/h2-12,15-16,18,22,28,30,33H,13-14,17,19-21H2,1H3/t28?,30-/m1/s1. The van der Waals surface area contributed by atoms with Crippen LogP contribution in [0.1, 0.15) is 23.2 Å². The van der Waals surface area contributed by atoms with Crippen molar-refractivity contribution in [2.45, 2.75) is 38.0 Å². The predicted octanol–water partition coefficient (Wildman–Crippen LogP) is 4.25. The molecular formula is C31H33N5O3S. The van der Waals surface area contributed by atoms with E-state index in [1.807, 2.05) is 72.0 Å². The average molecular weight is 556 g/mol. The van der Waals surface area contributed by atoms with Crippen molar-refractivity contribution >= 4 is 32.8 Å². The summed E-state index contributed by atoms with van der Waals surface area (Å²) in [6, 6.07) is 25.6. The van der Waals surface area contributed by atoms with Crippen molar-refractivity contribution in [2.75, 3.05) is 28.8 Å². The number of piperazine rings is 1. The summed E-state index contributed by atoms with van der Waals surface area (Å²) in [4.78, 5) is 22.8. The third-order valence-corrected chi connectivity index (χ3v) is 8.75. The van der Waals surface area contributed by atoms with Gasteiger partial charge in [-0.1, -0.05) is 42.5 Å². The van der Waals surface area contributed by atoms with Gasteiger partial charge in [0.1, 0.15) is 9.84 Å². The molecular weight excluding hydrogens is 522 g/mol. The third-order valence-electron chi connectivity index (χ3n) is 7.77. The molecule has 1 unspecified atom stereocenters. The summed E-state index contributed by atoms with van der Waals surface area (Å²) in [5, 5.41) is 3.52. The molecule has 0 radical (unpaired) electrons. The first-order chi connectivity index (χ1) is 19.3. The molecule has 1 aromatic heterocycles. The Kier molecular flexibility index (Phi) is 7.16. The van der Waals surface area contributed by atoms with Crippen LogP contribution >= 0.6 is 0 Å².